The van der Waals surface area contributed by atoms with E-state index in [1.165, 1.54) is 167 Å². The Bertz CT molecular complexity index is 727. The van der Waals surface area contributed by atoms with Crippen molar-refractivity contribution in [1.29, 1.82) is 0 Å². The molecule has 0 fully saturated rings. The number of allylic oxidation sites excluding steroid dienone is 4. The largest absolute Gasteiger partial charge is 0.481 e. The Morgan fingerprint density at radius 2 is 0.833 bits per heavy atom. The first-order valence-corrected chi connectivity index (χ1v) is 21.3. The first-order chi connectivity index (χ1) is 23.6. The number of carboxylic acid groups (broad SMARTS) is 1. The van der Waals surface area contributed by atoms with E-state index in [0.29, 0.717) is 19.3 Å². The molecule has 48 heavy (non-hydrogen) atoms. The van der Waals surface area contributed by atoms with Gasteiger partial charge in [-0.2, -0.15) is 0 Å². The zero-order valence-corrected chi connectivity index (χ0v) is 32.3. The van der Waals surface area contributed by atoms with E-state index in [9.17, 15) is 9.59 Å². The topological polar surface area (TPSA) is 63.6 Å². The molecule has 0 rings (SSSR count). The summed E-state index contributed by atoms with van der Waals surface area (Å²) in [7, 11) is 0. The summed E-state index contributed by atoms with van der Waals surface area (Å²) in [5, 5.41) is 9.03. The third kappa shape index (κ3) is 38.9. The number of carbonyl (C=O) groups is 2. The van der Waals surface area contributed by atoms with E-state index in [1.54, 1.807) is 0 Å². The molecule has 0 radical (unpaired) electrons. The van der Waals surface area contributed by atoms with Gasteiger partial charge in [0, 0.05) is 12.8 Å². The second kappa shape index (κ2) is 39.9. The smallest absolute Gasteiger partial charge is 0.306 e. The van der Waals surface area contributed by atoms with Crippen molar-refractivity contribution in [2.45, 2.75) is 245 Å². The number of hydrogen-bond donors (Lipinski definition) is 1. The minimum absolute atomic E-state index is 0.0878. The first-order valence-electron chi connectivity index (χ1n) is 21.3. The van der Waals surface area contributed by atoms with Gasteiger partial charge in [-0.1, -0.05) is 186 Å². The van der Waals surface area contributed by atoms with E-state index in [4.69, 9.17) is 9.84 Å². The highest BCUT2D eigenvalue weighted by atomic mass is 16.5. The molecule has 0 heterocycles. The molecule has 1 N–H and O–H groups in total. The fraction of sp³-hybridized carbons (Fsp3) is 0.864. The van der Waals surface area contributed by atoms with Crippen LogP contribution in [0.2, 0.25) is 0 Å². The maximum atomic E-state index is 12.5. The predicted octanol–water partition coefficient (Wildman–Crippen LogP) is 14.8. The number of esters is 1. The van der Waals surface area contributed by atoms with Crippen LogP contribution in [0.25, 0.3) is 0 Å². The lowest BCUT2D eigenvalue weighted by molar-refractivity contribution is -0.150. The van der Waals surface area contributed by atoms with Crippen LogP contribution in [0.4, 0.5) is 0 Å². The summed E-state index contributed by atoms with van der Waals surface area (Å²) in [5.41, 5.74) is 0. The van der Waals surface area contributed by atoms with Crippen LogP contribution in [0, 0.1) is 0 Å². The molecule has 0 spiro atoms. The zero-order chi connectivity index (χ0) is 35.0. The molecule has 0 aromatic carbocycles. The molecular weight excluding hydrogens is 592 g/mol. The Hall–Kier alpha value is -1.58. The quantitative estimate of drug-likeness (QED) is 0.0400. The van der Waals surface area contributed by atoms with Crippen LogP contribution in [0.15, 0.2) is 24.3 Å². The van der Waals surface area contributed by atoms with E-state index >= 15 is 0 Å². The van der Waals surface area contributed by atoms with Crippen molar-refractivity contribution >= 4 is 11.9 Å². The van der Waals surface area contributed by atoms with E-state index in [0.717, 1.165) is 32.1 Å². The molecule has 1 atom stereocenters. The first kappa shape index (κ1) is 46.4. The Morgan fingerprint density at radius 3 is 1.31 bits per heavy atom. The summed E-state index contributed by atoms with van der Waals surface area (Å²) >= 11 is 0. The van der Waals surface area contributed by atoms with Crippen molar-refractivity contribution in [2.24, 2.45) is 0 Å². The summed E-state index contributed by atoms with van der Waals surface area (Å²) in [4.78, 5) is 23.5. The second-order valence-electron chi connectivity index (χ2n) is 14.5. The van der Waals surface area contributed by atoms with Crippen molar-refractivity contribution in [2.75, 3.05) is 0 Å². The summed E-state index contributed by atoms with van der Waals surface area (Å²) in [5.74, 6) is -0.855. The van der Waals surface area contributed by atoms with Crippen molar-refractivity contribution in [3.05, 3.63) is 24.3 Å². The SMILES string of the molecule is CCCCC/C=C\C/C=C\CCCCCCCCCCCCCC(=O)OC(CCCCCCCCCCCCCCC)CCCC(=O)O. The lowest BCUT2D eigenvalue weighted by Crippen LogP contribution is -2.18. The van der Waals surface area contributed by atoms with Gasteiger partial charge in [0.2, 0.25) is 0 Å². The van der Waals surface area contributed by atoms with Gasteiger partial charge >= 0.3 is 11.9 Å². The van der Waals surface area contributed by atoms with E-state index in [-0.39, 0.29) is 18.5 Å². The van der Waals surface area contributed by atoms with Gasteiger partial charge in [-0.3, -0.25) is 9.59 Å². The van der Waals surface area contributed by atoms with Crippen molar-refractivity contribution in [3.63, 3.8) is 0 Å². The lowest BCUT2D eigenvalue weighted by Gasteiger charge is -2.18. The van der Waals surface area contributed by atoms with E-state index in [1.807, 2.05) is 0 Å². The average Bonchev–Trinajstić information content (AvgIpc) is 3.07. The van der Waals surface area contributed by atoms with Crippen molar-refractivity contribution in [1.82, 2.24) is 0 Å². The molecule has 4 nitrogen and oxygen atoms in total. The third-order valence-corrected chi connectivity index (χ3v) is 9.68. The Morgan fingerprint density at radius 1 is 0.458 bits per heavy atom. The number of carboxylic acids is 1. The highest BCUT2D eigenvalue weighted by molar-refractivity contribution is 5.69. The molecule has 0 saturated heterocycles. The van der Waals surface area contributed by atoms with Crippen LogP contribution in [-0.4, -0.2) is 23.1 Å². The van der Waals surface area contributed by atoms with Gasteiger partial charge in [0.25, 0.3) is 0 Å². The molecule has 282 valence electrons. The number of ether oxygens (including phenoxy) is 1. The summed E-state index contributed by atoms with van der Waals surface area (Å²) in [6.07, 6.45) is 50.6. The number of aliphatic carboxylic acids is 1. The van der Waals surface area contributed by atoms with Gasteiger partial charge in [0.05, 0.1) is 0 Å². The maximum absolute atomic E-state index is 12.5. The number of hydrogen-bond acceptors (Lipinski definition) is 3. The van der Waals surface area contributed by atoms with Crippen LogP contribution >= 0.6 is 0 Å². The Kier molecular flexibility index (Phi) is 38.5. The summed E-state index contributed by atoms with van der Waals surface area (Å²) in [6, 6.07) is 0. The van der Waals surface area contributed by atoms with Gasteiger partial charge in [-0.15, -0.1) is 0 Å². The van der Waals surface area contributed by atoms with E-state index < -0.39 is 5.97 Å². The highest BCUT2D eigenvalue weighted by Crippen LogP contribution is 2.18. The van der Waals surface area contributed by atoms with Gasteiger partial charge < -0.3 is 9.84 Å². The second-order valence-corrected chi connectivity index (χ2v) is 14.5. The Balaban J connectivity index is 3.73. The minimum atomic E-state index is -0.767. The van der Waals surface area contributed by atoms with Crippen LogP contribution in [0.3, 0.4) is 0 Å². The molecule has 0 aliphatic heterocycles. The molecule has 0 aliphatic carbocycles. The summed E-state index contributed by atoms with van der Waals surface area (Å²) in [6.45, 7) is 4.53. The molecule has 0 saturated carbocycles. The number of unbranched alkanes of at least 4 members (excludes halogenated alkanes) is 26. The van der Waals surface area contributed by atoms with Gasteiger partial charge in [-0.05, 0) is 64.2 Å². The third-order valence-electron chi connectivity index (χ3n) is 9.68. The molecule has 0 amide bonds. The fourth-order valence-electron chi connectivity index (χ4n) is 6.52. The standard InChI is InChI=1S/C44H82O4/c1-3-5-7-9-11-13-15-17-18-19-20-21-22-23-24-26-28-30-32-34-36-41-44(47)48-42(39-37-40-43(45)46)38-35-33-31-29-27-25-16-14-12-10-8-6-4-2/h11,13,17-18,42H,3-10,12,14-16,19-41H2,1-2H3,(H,45,46)/b13-11-,18-17-. The van der Waals surface area contributed by atoms with Crippen LogP contribution in [0.1, 0.15) is 239 Å². The monoisotopic (exact) mass is 675 g/mol. The van der Waals surface area contributed by atoms with Gasteiger partial charge in [-0.25, -0.2) is 0 Å². The molecule has 4 heteroatoms. The minimum Gasteiger partial charge on any atom is -0.481 e. The number of carbonyl (C=O) groups excluding carboxylic acids is 1. The van der Waals surface area contributed by atoms with Crippen LogP contribution in [-0.2, 0) is 14.3 Å². The molecule has 0 aliphatic rings. The Labute approximate surface area is 299 Å². The molecule has 0 aromatic heterocycles. The molecular formula is C44H82O4. The lowest BCUT2D eigenvalue weighted by atomic mass is 10.0. The number of rotatable bonds is 39. The van der Waals surface area contributed by atoms with E-state index in [2.05, 4.69) is 38.2 Å². The molecule has 0 bridgehead atoms. The fourth-order valence-corrected chi connectivity index (χ4v) is 6.52. The molecule has 0 aromatic rings. The maximum Gasteiger partial charge on any atom is 0.306 e. The van der Waals surface area contributed by atoms with Crippen molar-refractivity contribution in [3.8, 4) is 0 Å². The predicted molar refractivity (Wildman–Crippen MR) is 209 cm³/mol. The summed E-state index contributed by atoms with van der Waals surface area (Å²) < 4.78 is 5.85. The van der Waals surface area contributed by atoms with Crippen molar-refractivity contribution < 1.29 is 19.4 Å². The van der Waals surface area contributed by atoms with Crippen LogP contribution < -0.4 is 0 Å². The van der Waals surface area contributed by atoms with Crippen LogP contribution in [0.5, 0.6) is 0 Å². The zero-order valence-electron chi connectivity index (χ0n) is 32.3. The normalized spacial score (nSPS) is 12.4. The highest BCUT2D eigenvalue weighted by Gasteiger charge is 2.15. The van der Waals surface area contributed by atoms with Gasteiger partial charge in [0.15, 0.2) is 0 Å². The molecule has 1 unspecified atom stereocenters. The average molecular weight is 675 g/mol. The van der Waals surface area contributed by atoms with Gasteiger partial charge in [0.1, 0.15) is 6.10 Å².